The number of rotatable bonds is 8. The molecule has 3 rings (SSSR count). The molecule has 0 unspecified atom stereocenters. The van der Waals surface area contributed by atoms with E-state index in [0.717, 1.165) is 28.7 Å². The molecular weight excluding hydrogens is 461 g/mol. The minimum absolute atomic E-state index is 0. The third-order valence-electron chi connectivity index (χ3n) is 4.09. The molecular formula is C22H22BrCl2NO2. The lowest BCUT2D eigenvalue weighted by molar-refractivity contribution is 0.282. The molecule has 0 aliphatic heterocycles. The van der Waals surface area contributed by atoms with Gasteiger partial charge in [-0.25, -0.2) is 0 Å². The second-order valence-electron chi connectivity index (χ2n) is 6.11. The fourth-order valence-corrected chi connectivity index (χ4v) is 3.43. The highest BCUT2D eigenvalue weighted by atomic mass is 79.9. The molecule has 0 spiro atoms. The lowest BCUT2D eigenvalue weighted by atomic mass is 10.2. The van der Waals surface area contributed by atoms with Crippen molar-refractivity contribution in [2.45, 2.75) is 19.7 Å². The maximum Gasteiger partial charge on any atom is 0.175 e. The van der Waals surface area contributed by atoms with Crippen LogP contribution in [0.15, 0.2) is 71.2 Å². The molecule has 0 saturated heterocycles. The van der Waals surface area contributed by atoms with Gasteiger partial charge in [0.15, 0.2) is 11.5 Å². The molecule has 0 amide bonds. The monoisotopic (exact) mass is 481 g/mol. The van der Waals surface area contributed by atoms with E-state index in [1.54, 1.807) is 7.11 Å². The first-order valence-electron chi connectivity index (χ1n) is 8.64. The van der Waals surface area contributed by atoms with Crippen molar-refractivity contribution in [3.63, 3.8) is 0 Å². The van der Waals surface area contributed by atoms with Gasteiger partial charge in [0.25, 0.3) is 0 Å². The van der Waals surface area contributed by atoms with Crippen LogP contribution in [-0.4, -0.2) is 7.11 Å². The molecule has 0 aromatic heterocycles. The van der Waals surface area contributed by atoms with Gasteiger partial charge in [-0.2, -0.15) is 0 Å². The second kappa shape index (κ2) is 11.3. The Morgan fingerprint density at radius 3 is 2.25 bits per heavy atom. The van der Waals surface area contributed by atoms with E-state index >= 15 is 0 Å². The van der Waals surface area contributed by atoms with Crippen LogP contribution in [0.2, 0.25) is 5.02 Å². The highest BCUT2D eigenvalue weighted by molar-refractivity contribution is 9.10. The molecule has 0 radical (unpaired) electrons. The van der Waals surface area contributed by atoms with Crippen molar-refractivity contribution < 1.29 is 9.47 Å². The molecule has 0 aliphatic carbocycles. The highest BCUT2D eigenvalue weighted by Gasteiger charge is 2.12. The maximum absolute atomic E-state index is 5.98. The van der Waals surface area contributed by atoms with Gasteiger partial charge in [0.05, 0.1) is 11.6 Å². The summed E-state index contributed by atoms with van der Waals surface area (Å²) in [5.74, 6) is 1.40. The largest absolute Gasteiger partial charge is 0.493 e. The Morgan fingerprint density at radius 2 is 1.57 bits per heavy atom. The molecule has 148 valence electrons. The van der Waals surface area contributed by atoms with E-state index in [1.165, 1.54) is 5.56 Å². The first-order chi connectivity index (χ1) is 13.2. The van der Waals surface area contributed by atoms with E-state index in [2.05, 4.69) is 39.4 Å². The predicted octanol–water partition coefficient (Wildman–Crippen LogP) is 6.40. The quantitative estimate of drug-likeness (QED) is 0.402. The summed E-state index contributed by atoms with van der Waals surface area (Å²) in [5, 5.41) is 4.16. The van der Waals surface area contributed by atoms with Gasteiger partial charge in [-0.3, -0.25) is 0 Å². The van der Waals surface area contributed by atoms with Crippen molar-refractivity contribution in [1.82, 2.24) is 5.32 Å². The number of ether oxygens (including phenoxy) is 2. The van der Waals surface area contributed by atoms with Crippen LogP contribution >= 0.6 is 39.9 Å². The minimum Gasteiger partial charge on any atom is -0.493 e. The van der Waals surface area contributed by atoms with Crippen molar-refractivity contribution in [2.75, 3.05) is 7.11 Å². The zero-order chi connectivity index (χ0) is 19.1. The van der Waals surface area contributed by atoms with E-state index in [4.69, 9.17) is 21.1 Å². The first-order valence-corrected chi connectivity index (χ1v) is 9.81. The maximum atomic E-state index is 5.98. The van der Waals surface area contributed by atoms with Gasteiger partial charge in [-0.15, -0.1) is 12.4 Å². The lowest BCUT2D eigenvalue weighted by Gasteiger charge is -2.15. The van der Waals surface area contributed by atoms with Crippen LogP contribution in [0.3, 0.4) is 0 Å². The topological polar surface area (TPSA) is 30.5 Å². The van der Waals surface area contributed by atoms with Crippen molar-refractivity contribution in [1.29, 1.82) is 0 Å². The number of hydrogen-bond donors (Lipinski definition) is 1. The Labute approximate surface area is 185 Å². The number of methoxy groups -OCH3 is 1. The zero-order valence-corrected chi connectivity index (χ0v) is 18.6. The van der Waals surface area contributed by atoms with Crippen molar-refractivity contribution in [2.24, 2.45) is 0 Å². The Kier molecular flexibility index (Phi) is 9.13. The van der Waals surface area contributed by atoms with Crippen molar-refractivity contribution in [3.05, 3.63) is 92.9 Å². The SMILES string of the molecule is COc1cc(CNCc2ccccc2)cc(Br)c1OCc1ccc(Cl)cc1.Cl. The number of halogens is 3. The average molecular weight is 483 g/mol. The predicted molar refractivity (Wildman–Crippen MR) is 121 cm³/mol. The molecule has 0 saturated carbocycles. The van der Waals surface area contributed by atoms with E-state index in [0.29, 0.717) is 23.1 Å². The van der Waals surface area contributed by atoms with Crippen LogP contribution < -0.4 is 14.8 Å². The van der Waals surface area contributed by atoms with Crippen LogP contribution in [-0.2, 0) is 19.7 Å². The fourth-order valence-electron chi connectivity index (χ4n) is 2.70. The normalized spacial score (nSPS) is 10.2. The summed E-state index contributed by atoms with van der Waals surface area (Å²) < 4.78 is 12.4. The summed E-state index contributed by atoms with van der Waals surface area (Å²) in [5.41, 5.74) is 3.42. The molecule has 3 aromatic rings. The molecule has 6 heteroatoms. The van der Waals surface area contributed by atoms with Gasteiger partial charge >= 0.3 is 0 Å². The smallest absolute Gasteiger partial charge is 0.175 e. The molecule has 1 N–H and O–H groups in total. The van der Waals surface area contributed by atoms with E-state index < -0.39 is 0 Å². The summed E-state index contributed by atoms with van der Waals surface area (Å²) in [7, 11) is 1.65. The zero-order valence-electron chi connectivity index (χ0n) is 15.5. The van der Waals surface area contributed by atoms with E-state index in [-0.39, 0.29) is 12.4 Å². The summed E-state index contributed by atoms with van der Waals surface area (Å²) >= 11 is 9.53. The van der Waals surface area contributed by atoms with E-state index in [1.807, 2.05) is 48.5 Å². The standard InChI is InChI=1S/C22H21BrClNO2.ClH/c1-26-21-12-18(14-25-13-16-5-3-2-4-6-16)11-20(23)22(21)27-15-17-7-9-19(24)10-8-17;/h2-12,25H,13-15H2,1H3;1H. The van der Waals surface area contributed by atoms with Gasteiger partial charge < -0.3 is 14.8 Å². The number of hydrogen-bond acceptors (Lipinski definition) is 3. The molecule has 0 fully saturated rings. The van der Waals surface area contributed by atoms with Gasteiger partial charge in [0.1, 0.15) is 6.61 Å². The number of nitrogens with one attached hydrogen (secondary N) is 1. The van der Waals surface area contributed by atoms with Crippen molar-refractivity contribution in [3.8, 4) is 11.5 Å². The first kappa shape index (κ1) is 22.6. The van der Waals surface area contributed by atoms with E-state index in [9.17, 15) is 0 Å². The van der Waals surface area contributed by atoms with Crippen molar-refractivity contribution >= 4 is 39.9 Å². The van der Waals surface area contributed by atoms with Crippen LogP contribution in [0.5, 0.6) is 11.5 Å². The molecule has 28 heavy (non-hydrogen) atoms. The van der Waals surface area contributed by atoms with Gasteiger partial charge in [0, 0.05) is 18.1 Å². The van der Waals surface area contributed by atoms with Gasteiger partial charge in [-0.05, 0) is 56.9 Å². The molecule has 0 aliphatic rings. The number of benzene rings is 3. The molecule has 3 nitrogen and oxygen atoms in total. The highest BCUT2D eigenvalue weighted by Crippen LogP contribution is 2.37. The van der Waals surface area contributed by atoms with Crippen LogP contribution in [0.25, 0.3) is 0 Å². The molecule has 0 heterocycles. The fraction of sp³-hybridized carbons (Fsp3) is 0.182. The summed E-state index contributed by atoms with van der Waals surface area (Å²) in [4.78, 5) is 0. The Bertz CT molecular complexity index is 874. The van der Waals surface area contributed by atoms with Crippen LogP contribution in [0.1, 0.15) is 16.7 Å². The second-order valence-corrected chi connectivity index (χ2v) is 7.40. The summed E-state index contributed by atoms with van der Waals surface area (Å²) in [6.45, 7) is 1.99. The Balaban J connectivity index is 0.00000280. The third kappa shape index (κ3) is 6.42. The van der Waals surface area contributed by atoms with Crippen LogP contribution in [0, 0.1) is 0 Å². The molecule has 3 aromatic carbocycles. The third-order valence-corrected chi connectivity index (χ3v) is 4.93. The lowest BCUT2D eigenvalue weighted by Crippen LogP contribution is -2.12. The van der Waals surface area contributed by atoms with Crippen LogP contribution in [0.4, 0.5) is 0 Å². The summed E-state index contributed by atoms with van der Waals surface area (Å²) in [6, 6.07) is 22.0. The molecule has 0 bridgehead atoms. The minimum atomic E-state index is 0. The molecule has 0 atom stereocenters. The summed E-state index contributed by atoms with van der Waals surface area (Å²) in [6.07, 6.45) is 0. The van der Waals surface area contributed by atoms with Gasteiger partial charge in [0.2, 0.25) is 0 Å². The average Bonchev–Trinajstić information content (AvgIpc) is 2.69. The Hall–Kier alpha value is -1.72. The van der Waals surface area contributed by atoms with Gasteiger partial charge in [-0.1, -0.05) is 54.1 Å². The Morgan fingerprint density at radius 1 is 0.893 bits per heavy atom.